The van der Waals surface area contributed by atoms with E-state index in [1.807, 2.05) is 0 Å². The number of carbonyl (C=O) groups is 1. The SMILES string of the molecule is NC(=O)N/N=C/C(O)C(O)C(O)C(O)CO. The Bertz CT molecular complexity index is 248. The molecule has 0 aliphatic carbocycles. The molecule has 9 nitrogen and oxygen atoms in total. The smallest absolute Gasteiger partial charge is 0.332 e. The van der Waals surface area contributed by atoms with Crippen LogP contribution in [0.25, 0.3) is 0 Å². The van der Waals surface area contributed by atoms with Crippen LogP contribution < -0.4 is 11.2 Å². The number of rotatable bonds is 6. The van der Waals surface area contributed by atoms with Crippen molar-refractivity contribution in [1.82, 2.24) is 5.43 Å². The average Bonchev–Trinajstić information content (AvgIpc) is 2.25. The van der Waals surface area contributed by atoms with Crippen molar-refractivity contribution < 1.29 is 30.3 Å². The second-order valence-electron chi connectivity index (χ2n) is 2.98. The van der Waals surface area contributed by atoms with E-state index in [0.717, 1.165) is 0 Å². The highest BCUT2D eigenvalue weighted by molar-refractivity contribution is 5.73. The van der Waals surface area contributed by atoms with Crippen LogP contribution in [0, 0.1) is 0 Å². The number of aliphatic hydroxyl groups excluding tert-OH is 5. The van der Waals surface area contributed by atoms with Gasteiger partial charge in [0.2, 0.25) is 0 Å². The highest BCUT2D eigenvalue weighted by Gasteiger charge is 2.29. The fourth-order valence-electron chi connectivity index (χ4n) is 0.803. The molecule has 4 atom stereocenters. The highest BCUT2D eigenvalue weighted by Crippen LogP contribution is 2.03. The molecule has 0 saturated carbocycles. The lowest BCUT2D eigenvalue weighted by molar-refractivity contribution is -0.0999. The van der Waals surface area contributed by atoms with Crippen LogP contribution >= 0.6 is 0 Å². The maximum absolute atomic E-state index is 10.2. The van der Waals surface area contributed by atoms with Gasteiger partial charge in [0.15, 0.2) is 0 Å². The van der Waals surface area contributed by atoms with Crippen molar-refractivity contribution in [3.05, 3.63) is 0 Å². The van der Waals surface area contributed by atoms with Crippen LogP contribution in [0.3, 0.4) is 0 Å². The van der Waals surface area contributed by atoms with Crippen molar-refractivity contribution >= 4 is 12.2 Å². The van der Waals surface area contributed by atoms with Gasteiger partial charge in [-0.2, -0.15) is 5.10 Å². The summed E-state index contributed by atoms with van der Waals surface area (Å²) in [4.78, 5) is 10.2. The van der Waals surface area contributed by atoms with Gasteiger partial charge in [-0.25, -0.2) is 10.2 Å². The van der Waals surface area contributed by atoms with Gasteiger partial charge in [-0.15, -0.1) is 0 Å². The number of hydrazone groups is 1. The Kier molecular flexibility index (Phi) is 6.53. The fourth-order valence-corrected chi connectivity index (χ4v) is 0.803. The number of carbonyl (C=O) groups excluding carboxylic acids is 1. The molecule has 94 valence electrons. The van der Waals surface area contributed by atoms with Gasteiger partial charge in [0.25, 0.3) is 0 Å². The molecule has 0 bridgehead atoms. The number of urea groups is 1. The summed E-state index contributed by atoms with van der Waals surface area (Å²) in [6.07, 6.45) is -6.03. The van der Waals surface area contributed by atoms with Crippen LogP contribution in [0.4, 0.5) is 4.79 Å². The Morgan fingerprint density at radius 1 is 1.31 bits per heavy atom. The molecular weight excluding hydrogens is 222 g/mol. The van der Waals surface area contributed by atoms with E-state index in [1.165, 1.54) is 0 Å². The number of hydrogen-bond donors (Lipinski definition) is 7. The van der Waals surface area contributed by atoms with E-state index in [4.69, 9.17) is 10.2 Å². The Hall–Kier alpha value is -1.26. The summed E-state index contributed by atoms with van der Waals surface area (Å²) < 4.78 is 0. The summed E-state index contributed by atoms with van der Waals surface area (Å²) in [5.74, 6) is 0. The van der Waals surface area contributed by atoms with Crippen molar-refractivity contribution in [2.45, 2.75) is 24.4 Å². The lowest BCUT2D eigenvalue weighted by Gasteiger charge is -2.23. The molecule has 0 aromatic heterocycles. The summed E-state index contributed by atoms with van der Waals surface area (Å²) >= 11 is 0. The molecule has 4 unspecified atom stereocenters. The van der Waals surface area contributed by atoms with Crippen molar-refractivity contribution in [2.75, 3.05) is 6.61 Å². The first kappa shape index (κ1) is 14.7. The van der Waals surface area contributed by atoms with Gasteiger partial charge in [-0.3, -0.25) is 0 Å². The molecule has 0 radical (unpaired) electrons. The second-order valence-corrected chi connectivity index (χ2v) is 2.98. The number of nitrogens with zero attached hydrogens (tertiary/aromatic N) is 1. The van der Waals surface area contributed by atoms with Crippen LogP contribution in [-0.2, 0) is 0 Å². The molecule has 0 aromatic rings. The third-order valence-corrected chi connectivity index (χ3v) is 1.68. The minimum atomic E-state index is -1.76. The van der Waals surface area contributed by atoms with Crippen LogP contribution in [0.1, 0.15) is 0 Å². The van der Waals surface area contributed by atoms with Crippen molar-refractivity contribution in [3.63, 3.8) is 0 Å². The number of nitrogens with one attached hydrogen (secondary N) is 1. The molecule has 8 N–H and O–H groups in total. The summed E-state index contributed by atoms with van der Waals surface area (Å²) in [6, 6.07) is -0.964. The lowest BCUT2D eigenvalue weighted by Crippen LogP contribution is -2.46. The molecule has 0 spiro atoms. The van der Waals surface area contributed by atoms with Gasteiger partial charge in [-0.05, 0) is 0 Å². The Labute approximate surface area is 90.8 Å². The number of primary amides is 1. The molecule has 0 aliphatic rings. The molecule has 0 saturated heterocycles. The third kappa shape index (κ3) is 5.00. The quantitative estimate of drug-likeness (QED) is 0.184. The summed E-state index contributed by atoms with van der Waals surface area (Å²) in [6.45, 7) is -0.776. The molecule has 16 heavy (non-hydrogen) atoms. The predicted octanol–water partition coefficient (Wildman–Crippen LogP) is -3.92. The van der Waals surface area contributed by atoms with Gasteiger partial charge in [0, 0.05) is 0 Å². The average molecular weight is 237 g/mol. The van der Waals surface area contributed by atoms with E-state index >= 15 is 0 Å². The van der Waals surface area contributed by atoms with Crippen LogP contribution in [0.2, 0.25) is 0 Å². The second kappa shape index (κ2) is 7.09. The van der Waals surface area contributed by atoms with Crippen molar-refractivity contribution in [1.29, 1.82) is 0 Å². The monoisotopic (exact) mass is 237 g/mol. The first-order valence-corrected chi connectivity index (χ1v) is 4.32. The molecule has 9 heteroatoms. The first-order chi connectivity index (χ1) is 7.40. The minimum absolute atomic E-state index is 0.711. The van der Waals surface area contributed by atoms with E-state index in [1.54, 1.807) is 5.43 Å². The first-order valence-electron chi connectivity index (χ1n) is 4.32. The topological polar surface area (TPSA) is 169 Å². The number of aliphatic hydroxyl groups is 5. The van der Waals surface area contributed by atoms with Gasteiger partial charge in [-0.1, -0.05) is 0 Å². The van der Waals surface area contributed by atoms with Gasteiger partial charge in [0.1, 0.15) is 24.4 Å². The fraction of sp³-hybridized carbons (Fsp3) is 0.714. The molecule has 0 fully saturated rings. The number of amides is 2. The highest BCUT2D eigenvalue weighted by atomic mass is 16.4. The Balaban J connectivity index is 4.21. The van der Waals surface area contributed by atoms with E-state index in [9.17, 15) is 20.1 Å². The predicted molar refractivity (Wildman–Crippen MR) is 52.3 cm³/mol. The van der Waals surface area contributed by atoms with E-state index in [0.29, 0.717) is 6.21 Å². The van der Waals surface area contributed by atoms with Gasteiger partial charge >= 0.3 is 6.03 Å². The molecule has 0 aliphatic heterocycles. The standard InChI is InChI=1S/C7H15N3O6/c8-7(16)10-9-1-3(12)5(14)6(15)4(13)2-11/h1,3-6,11-15H,2H2,(H3,8,10,16)/b9-1+. The normalized spacial score (nSPS) is 19.1. The van der Waals surface area contributed by atoms with Crippen LogP contribution in [0.15, 0.2) is 5.10 Å². The van der Waals surface area contributed by atoms with E-state index in [2.05, 4.69) is 10.8 Å². The van der Waals surface area contributed by atoms with Gasteiger partial charge < -0.3 is 31.3 Å². The van der Waals surface area contributed by atoms with Crippen molar-refractivity contribution in [3.8, 4) is 0 Å². The molecule has 0 rings (SSSR count). The molecule has 2 amide bonds. The van der Waals surface area contributed by atoms with Crippen LogP contribution in [-0.4, -0.2) is 68.8 Å². The third-order valence-electron chi connectivity index (χ3n) is 1.68. The van der Waals surface area contributed by atoms with Gasteiger partial charge in [0.05, 0.1) is 12.8 Å². The lowest BCUT2D eigenvalue weighted by atomic mass is 10.0. The molecule has 0 heterocycles. The number of hydrogen-bond acceptors (Lipinski definition) is 7. The maximum Gasteiger partial charge on any atom is 0.332 e. The van der Waals surface area contributed by atoms with Crippen molar-refractivity contribution in [2.24, 2.45) is 10.8 Å². The number of nitrogens with two attached hydrogens (primary N) is 1. The zero-order valence-corrected chi connectivity index (χ0v) is 8.26. The minimum Gasteiger partial charge on any atom is -0.394 e. The summed E-state index contributed by atoms with van der Waals surface area (Å²) in [7, 11) is 0. The Morgan fingerprint density at radius 2 is 1.88 bits per heavy atom. The van der Waals surface area contributed by atoms with Crippen LogP contribution in [0.5, 0.6) is 0 Å². The molecular formula is C7H15N3O6. The maximum atomic E-state index is 10.2. The van der Waals surface area contributed by atoms with E-state index < -0.39 is 37.1 Å². The zero-order chi connectivity index (χ0) is 12.7. The van der Waals surface area contributed by atoms with E-state index in [-0.39, 0.29) is 0 Å². The molecule has 0 aromatic carbocycles. The summed E-state index contributed by atoms with van der Waals surface area (Å²) in [5, 5.41) is 48.2. The zero-order valence-electron chi connectivity index (χ0n) is 8.26. The largest absolute Gasteiger partial charge is 0.394 e. The summed E-state index contributed by atoms with van der Waals surface area (Å²) in [5.41, 5.74) is 6.41. The Morgan fingerprint density at radius 3 is 2.31 bits per heavy atom.